The lowest BCUT2D eigenvalue weighted by molar-refractivity contribution is -0.688. The van der Waals surface area contributed by atoms with Gasteiger partial charge in [0.15, 0.2) is 12.2 Å². The smallest absolute Gasteiger partial charge is 0.190 e. The molecule has 1 aliphatic carbocycles. The fourth-order valence-electron chi connectivity index (χ4n) is 3.80. The van der Waals surface area contributed by atoms with E-state index < -0.39 is 0 Å². The highest BCUT2D eigenvalue weighted by Crippen LogP contribution is 2.35. The Kier molecular flexibility index (Phi) is 3.53. The van der Waals surface area contributed by atoms with E-state index in [0.29, 0.717) is 0 Å². The van der Waals surface area contributed by atoms with E-state index in [-0.39, 0.29) is 5.41 Å². The quantitative estimate of drug-likeness (QED) is 0.464. The van der Waals surface area contributed by atoms with Crippen molar-refractivity contribution < 1.29 is 4.57 Å². The van der Waals surface area contributed by atoms with Crippen LogP contribution in [0.3, 0.4) is 0 Å². The summed E-state index contributed by atoms with van der Waals surface area (Å²) in [6.45, 7) is 7.83. The molecule has 0 atom stereocenters. The topological polar surface area (TPSA) is 3.88 Å². The molecule has 0 bridgehead atoms. The Labute approximate surface area is 144 Å². The second-order valence-corrected chi connectivity index (χ2v) is 7.75. The maximum atomic E-state index is 2.54. The molecule has 1 nitrogen and oxygen atoms in total. The largest absolute Gasteiger partial charge is 0.216 e. The third-order valence-corrected chi connectivity index (χ3v) is 4.91. The Hall–Kier alpha value is -2.41. The molecule has 0 saturated heterocycles. The van der Waals surface area contributed by atoms with Gasteiger partial charge in [0.2, 0.25) is 5.69 Å². The Balaban J connectivity index is 1.95. The zero-order valence-electron chi connectivity index (χ0n) is 14.7. The molecule has 0 saturated carbocycles. The molecule has 1 heterocycles. The Morgan fingerprint density at radius 2 is 1.50 bits per heavy atom. The molecular weight excluding hydrogens is 290 g/mol. The van der Waals surface area contributed by atoms with E-state index >= 15 is 0 Å². The van der Waals surface area contributed by atoms with Crippen LogP contribution in [-0.2, 0) is 18.4 Å². The zero-order valence-corrected chi connectivity index (χ0v) is 14.7. The van der Waals surface area contributed by atoms with Crippen molar-refractivity contribution in [1.82, 2.24) is 0 Å². The molecule has 0 unspecified atom stereocenters. The van der Waals surface area contributed by atoms with Crippen molar-refractivity contribution in [3.05, 3.63) is 89.1 Å². The monoisotopic (exact) mass is 314 g/mol. The number of pyridine rings is 1. The molecular formula is C23H24N+. The first-order chi connectivity index (χ1) is 11.5. The van der Waals surface area contributed by atoms with Gasteiger partial charge in [-0.2, -0.15) is 4.57 Å². The van der Waals surface area contributed by atoms with Gasteiger partial charge in [-0.25, -0.2) is 0 Å². The molecule has 1 heteroatoms. The predicted molar refractivity (Wildman–Crippen MR) is 99.1 cm³/mol. The lowest BCUT2D eigenvalue weighted by Gasteiger charge is -2.19. The van der Waals surface area contributed by atoms with Crippen molar-refractivity contribution in [1.29, 1.82) is 0 Å². The van der Waals surface area contributed by atoms with Crippen molar-refractivity contribution in [3.8, 4) is 11.3 Å². The van der Waals surface area contributed by atoms with Gasteiger partial charge in [-0.05, 0) is 17.7 Å². The number of hydrogen-bond donors (Lipinski definition) is 0. The summed E-state index contributed by atoms with van der Waals surface area (Å²) in [6, 6.07) is 24.3. The van der Waals surface area contributed by atoms with Gasteiger partial charge in [0.05, 0.1) is 0 Å². The van der Waals surface area contributed by atoms with Crippen molar-refractivity contribution in [2.24, 2.45) is 0 Å². The third kappa shape index (κ3) is 2.54. The summed E-state index contributed by atoms with van der Waals surface area (Å²) in [6.07, 6.45) is 1.05. The number of nitrogens with zero attached hydrogens (tertiary/aromatic N) is 1. The van der Waals surface area contributed by atoms with Crippen LogP contribution in [0.2, 0.25) is 0 Å². The molecule has 2 aromatic carbocycles. The normalized spacial score (nSPS) is 12.8. The van der Waals surface area contributed by atoms with Crippen LogP contribution in [-0.4, -0.2) is 0 Å². The second kappa shape index (κ2) is 5.59. The summed E-state index contributed by atoms with van der Waals surface area (Å²) in [4.78, 5) is 0. The minimum Gasteiger partial charge on any atom is -0.190 e. The average molecular weight is 314 g/mol. The van der Waals surface area contributed by atoms with E-state index in [1.165, 1.54) is 33.6 Å². The number of hydrogen-bond acceptors (Lipinski definition) is 0. The van der Waals surface area contributed by atoms with E-state index in [1.54, 1.807) is 0 Å². The van der Waals surface area contributed by atoms with Crippen molar-refractivity contribution >= 4 is 0 Å². The van der Waals surface area contributed by atoms with Crippen molar-refractivity contribution in [3.63, 3.8) is 0 Å². The van der Waals surface area contributed by atoms with Crippen molar-refractivity contribution in [2.45, 2.75) is 39.2 Å². The summed E-state index contributed by atoms with van der Waals surface area (Å²) in [7, 11) is 0. The Morgan fingerprint density at radius 3 is 2.25 bits per heavy atom. The first kappa shape index (κ1) is 15.1. The highest BCUT2D eigenvalue weighted by Gasteiger charge is 2.34. The van der Waals surface area contributed by atoms with E-state index in [1.807, 2.05) is 0 Å². The second-order valence-electron chi connectivity index (χ2n) is 7.75. The van der Waals surface area contributed by atoms with Crippen LogP contribution in [0.5, 0.6) is 0 Å². The molecule has 0 amide bonds. The minimum absolute atomic E-state index is 0.112. The summed E-state index contributed by atoms with van der Waals surface area (Å²) >= 11 is 0. The van der Waals surface area contributed by atoms with Crippen molar-refractivity contribution in [2.75, 3.05) is 0 Å². The highest BCUT2D eigenvalue weighted by molar-refractivity contribution is 5.71. The molecule has 0 aliphatic heterocycles. The molecule has 0 N–H and O–H groups in total. The van der Waals surface area contributed by atoms with Gasteiger partial charge in [0.1, 0.15) is 0 Å². The van der Waals surface area contributed by atoms with E-state index in [2.05, 4.69) is 92.1 Å². The van der Waals surface area contributed by atoms with Gasteiger partial charge in [-0.15, -0.1) is 0 Å². The fraction of sp³-hybridized carbons (Fsp3) is 0.261. The number of aromatic nitrogens is 1. The molecule has 24 heavy (non-hydrogen) atoms. The average Bonchev–Trinajstić information content (AvgIpc) is 2.94. The summed E-state index contributed by atoms with van der Waals surface area (Å²) in [5.41, 5.74) is 8.55. The highest BCUT2D eigenvalue weighted by atomic mass is 15.0. The maximum Gasteiger partial charge on any atom is 0.216 e. The van der Waals surface area contributed by atoms with Gasteiger partial charge in [0, 0.05) is 34.6 Å². The zero-order chi connectivity index (χ0) is 16.7. The lowest BCUT2D eigenvalue weighted by atomic mass is 9.90. The first-order valence-corrected chi connectivity index (χ1v) is 8.72. The van der Waals surface area contributed by atoms with Gasteiger partial charge in [-0.3, -0.25) is 0 Å². The SMILES string of the molecule is CC(C)(C)c1ccc2c([n+]1Cc1ccccc1)-c1ccccc1C2. The number of rotatable bonds is 2. The van der Waals surface area contributed by atoms with Crippen LogP contribution >= 0.6 is 0 Å². The fourth-order valence-corrected chi connectivity index (χ4v) is 3.80. The molecule has 120 valence electrons. The third-order valence-electron chi connectivity index (χ3n) is 4.91. The van der Waals surface area contributed by atoms with Crippen LogP contribution in [0.25, 0.3) is 11.3 Å². The molecule has 0 spiro atoms. The molecule has 4 rings (SSSR count). The van der Waals surface area contributed by atoms with Crippen LogP contribution in [0.1, 0.15) is 43.2 Å². The predicted octanol–water partition coefficient (Wildman–Crippen LogP) is 4.89. The van der Waals surface area contributed by atoms with Gasteiger partial charge >= 0.3 is 0 Å². The molecule has 3 aromatic rings. The Bertz CT molecular complexity index is 886. The van der Waals surface area contributed by atoms with Gasteiger partial charge in [-0.1, -0.05) is 69.3 Å². The summed E-state index contributed by atoms with van der Waals surface area (Å²) < 4.78 is 2.54. The van der Waals surface area contributed by atoms with Gasteiger partial charge in [0.25, 0.3) is 0 Å². The van der Waals surface area contributed by atoms with E-state index in [9.17, 15) is 0 Å². The minimum atomic E-state index is 0.112. The Morgan fingerprint density at radius 1 is 0.792 bits per heavy atom. The molecule has 0 fully saturated rings. The number of benzene rings is 2. The molecule has 1 aromatic heterocycles. The van der Waals surface area contributed by atoms with E-state index in [4.69, 9.17) is 0 Å². The maximum absolute atomic E-state index is 2.54. The lowest BCUT2D eigenvalue weighted by Crippen LogP contribution is -2.45. The van der Waals surface area contributed by atoms with Crippen LogP contribution in [0, 0.1) is 0 Å². The van der Waals surface area contributed by atoms with Crippen LogP contribution in [0.15, 0.2) is 66.7 Å². The van der Waals surface area contributed by atoms with Crippen LogP contribution in [0.4, 0.5) is 0 Å². The number of fused-ring (bicyclic) bond motifs is 3. The molecule has 0 radical (unpaired) electrons. The van der Waals surface area contributed by atoms with Gasteiger partial charge < -0.3 is 0 Å². The first-order valence-electron chi connectivity index (χ1n) is 8.72. The van der Waals surface area contributed by atoms with Crippen LogP contribution < -0.4 is 4.57 Å². The standard InChI is InChI=1S/C23H24N/c1-23(2,3)21-14-13-19-15-18-11-7-8-12-20(18)22(19)24(21)16-17-9-5-4-6-10-17/h4-14H,15-16H2,1-3H3/q+1. The molecule has 1 aliphatic rings. The van der Waals surface area contributed by atoms with E-state index in [0.717, 1.165) is 13.0 Å². The summed E-state index contributed by atoms with van der Waals surface area (Å²) in [5.74, 6) is 0. The summed E-state index contributed by atoms with van der Waals surface area (Å²) in [5, 5.41) is 0.